The van der Waals surface area contributed by atoms with E-state index in [1.165, 1.54) is 43.5 Å². The normalized spacial score (nSPS) is 20.8. The molecule has 2 saturated heterocycles. The van der Waals surface area contributed by atoms with Crippen molar-refractivity contribution in [2.24, 2.45) is 5.41 Å². The monoisotopic (exact) mass is 380 g/mol. The third kappa shape index (κ3) is 3.55. The van der Waals surface area contributed by atoms with E-state index in [0.29, 0.717) is 11.2 Å². The molecule has 1 spiro atoms. The predicted molar refractivity (Wildman–Crippen MR) is 118 cm³/mol. The molecule has 1 N–H and O–H groups in total. The lowest BCUT2D eigenvalue weighted by molar-refractivity contribution is -0.0634. The zero-order valence-electron chi connectivity index (χ0n) is 18.3. The van der Waals surface area contributed by atoms with Crippen molar-refractivity contribution in [1.29, 1.82) is 0 Å². The van der Waals surface area contributed by atoms with Gasteiger partial charge in [-0.05, 0) is 80.6 Å². The minimum Gasteiger partial charge on any atom is -0.508 e. The molecule has 3 heteroatoms. The lowest BCUT2D eigenvalue weighted by Crippen LogP contribution is -2.64. The van der Waals surface area contributed by atoms with Crippen LogP contribution < -0.4 is 0 Å². The van der Waals surface area contributed by atoms with Crippen molar-refractivity contribution in [2.75, 3.05) is 33.2 Å². The van der Waals surface area contributed by atoms with E-state index in [1.54, 1.807) is 0 Å². The summed E-state index contributed by atoms with van der Waals surface area (Å²) in [6.45, 7) is 14.5. The highest BCUT2D eigenvalue weighted by Gasteiger charge is 2.50. The summed E-state index contributed by atoms with van der Waals surface area (Å²) in [5.41, 5.74) is 2.06. The number of hydrogen-bond acceptors (Lipinski definition) is 3. The number of likely N-dealkylation sites (tertiary alicyclic amines) is 2. The van der Waals surface area contributed by atoms with Crippen molar-refractivity contribution in [3.63, 3.8) is 0 Å². The van der Waals surface area contributed by atoms with Crippen LogP contribution >= 0.6 is 0 Å². The zero-order chi connectivity index (χ0) is 20.2. The Morgan fingerprint density at radius 1 is 1.00 bits per heavy atom. The fraction of sp³-hybridized carbons (Fsp3) is 0.600. The SMILES string of the molecule is CN1CCC2(C1)CN(C(C)(C)CCC(C)(C)c1cc(O)cc3ccccc13)C2. The van der Waals surface area contributed by atoms with Crippen molar-refractivity contribution < 1.29 is 5.11 Å². The number of benzene rings is 2. The molecule has 2 aromatic rings. The molecule has 28 heavy (non-hydrogen) atoms. The second kappa shape index (κ2) is 6.74. The van der Waals surface area contributed by atoms with Crippen LogP contribution in [0.1, 0.15) is 52.5 Å². The van der Waals surface area contributed by atoms with Crippen LogP contribution in [0.5, 0.6) is 5.75 Å². The highest BCUT2D eigenvalue weighted by Crippen LogP contribution is 2.45. The fourth-order valence-corrected chi connectivity index (χ4v) is 5.37. The van der Waals surface area contributed by atoms with Gasteiger partial charge in [-0.2, -0.15) is 0 Å². The van der Waals surface area contributed by atoms with Gasteiger partial charge in [-0.1, -0.05) is 38.1 Å². The maximum Gasteiger partial charge on any atom is 0.116 e. The number of phenols is 1. The Morgan fingerprint density at radius 2 is 1.71 bits per heavy atom. The van der Waals surface area contributed by atoms with E-state index in [1.807, 2.05) is 18.2 Å². The van der Waals surface area contributed by atoms with E-state index in [2.05, 4.69) is 62.7 Å². The van der Waals surface area contributed by atoms with Crippen LogP contribution in [0.3, 0.4) is 0 Å². The Morgan fingerprint density at radius 3 is 2.39 bits per heavy atom. The van der Waals surface area contributed by atoms with Gasteiger partial charge >= 0.3 is 0 Å². The van der Waals surface area contributed by atoms with Gasteiger partial charge in [0.2, 0.25) is 0 Å². The van der Waals surface area contributed by atoms with Crippen LogP contribution in [0.2, 0.25) is 0 Å². The van der Waals surface area contributed by atoms with Crippen molar-refractivity contribution in [3.8, 4) is 5.75 Å². The molecule has 2 aliphatic heterocycles. The number of phenolic OH excluding ortho intramolecular Hbond substituents is 1. The summed E-state index contributed by atoms with van der Waals surface area (Å²) < 4.78 is 0. The second-order valence-corrected chi connectivity index (χ2v) is 10.8. The topological polar surface area (TPSA) is 26.7 Å². The van der Waals surface area contributed by atoms with Crippen molar-refractivity contribution in [2.45, 2.75) is 57.9 Å². The Kier molecular flexibility index (Phi) is 4.75. The summed E-state index contributed by atoms with van der Waals surface area (Å²) in [5, 5.41) is 12.7. The van der Waals surface area contributed by atoms with Gasteiger partial charge in [0.1, 0.15) is 5.75 Å². The highest BCUT2D eigenvalue weighted by atomic mass is 16.3. The van der Waals surface area contributed by atoms with E-state index >= 15 is 0 Å². The van der Waals surface area contributed by atoms with Crippen molar-refractivity contribution in [3.05, 3.63) is 42.0 Å². The molecule has 2 heterocycles. The summed E-state index contributed by atoms with van der Waals surface area (Å²) >= 11 is 0. The lowest BCUT2D eigenvalue weighted by Gasteiger charge is -2.56. The minimum absolute atomic E-state index is 0.0196. The molecule has 152 valence electrons. The van der Waals surface area contributed by atoms with E-state index < -0.39 is 0 Å². The third-order valence-electron chi connectivity index (χ3n) is 7.48. The van der Waals surface area contributed by atoms with E-state index in [9.17, 15) is 5.11 Å². The largest absolute Gasteiger partial charge is 0.508 e. The van der Waals surface area contributed by atoms with E-state index in [0.717, 1.165) is 18.2 Å². The van der Waals surface area contributed by atoms with Crippen LogP contribution in [-0.4, -0.2) is 53.7 Å². The van der Waals surface area contributed by atoms with Crippen molar-refractivity contribution >= 4 is 10.8 Å². The quantitative estimate of drug-likeness (QED) is 0.789. The molecule has 4 rings (SSSR count). The van der Waals surface area contributed by atoms with Gasteiger partial charge < -0.3 is 10.0 Å². The predicted octanol–water partition coefficient (Wildman–Crippen LogP) is 5.02. The molecule has 0 aromatic heterocycles. The third-order valence-corrected chi connectivity index (χ3v) is 7.48. The number of aromatic hydroxyl groups is 1. The van der Waals surface area contributed by atoms with Gasteiger partial charge in [-0.3, -0.25) is 4.90 Å². The van der Waals surface area contributed by atoms with Gasteiger partial charge in [0.05, 0.1) is 0 Å². The minimum atomic E-state index is 0.0196. The highest BCUT2D eigenvalue weighted by molar-refractivity contribution is 5.88. The average Bonchev–Trinajstić information content (AvgIpc) is 3.00. The number of fused-ring (bicyclic) bond motifs is 1. The van der Waals surface area contributed by atoms with Crippen LogP contribution in [0, 0.1) is 5.41 Å². The first-order chi connectivity index (χ1) is 13.1. The van der Waals surface area contributed by atoms with Gasteiger partial charge in [-0.15, -0.1) is 0 Å². The molecule has 0 aliphatic carbocycles. The summed E-state index contributed by atoms with van der Waals surface area (Å²) in [6, 6.07) is 12.3. The Hall–Kier alpha value is -1.58. The maximum atomic E-state index is 10.3. The van der Waals surface area contributed by atoms with E-state index in [-0.39, 0.29) is 11.0 Å². The molecule has 3 nitrogen and oxygen atoms in total. The number of rotatable bonds is 5. The molecule has 0 unspecified atom stereocenters. The van der Waals surface area contributed by atoms with Gasteiger partial charge in [0.25, 0.3) is 0 Å². The van der Waals surface area contributed by atoms with Gasteiger partial charge in [0.15, 0.2) is 0 Å². The molecule has 2 fully saturated rings. The Labute approximate surface area is 170 Å². The molecular formula is C25H36N2O. The Balaban J connectivity index is 1.47. The van der Waals surface area contributed by atoms with Crippen LogP contribution in [-0.2, 0) is 5.41 Å². The zero-order valence-corrected chi connectivity index (χ0v) is 18.3. The first-order valence-electron chi connectivity index (χ1n) is 10.8. The number of hydrogen-bond donors (Lipinski definition) is 1. The molecule has 0 saturated carbocycles. The van der Waals surface area contributed by atoms with Crippen LogP contribution in [0.15, 0.2) is 36.4 Å². The number of nitrogens with zero attached hydrogens (tertiary/aromatic N) is 2. The molecule has 0 amide bonds. The maximum absolute atomic E-state index is 10.3. The van der Waals surface area contributed by atoms with Crippen LogP contribution in [0.4, 0.5) is 0 Å². The van der Waals surface area contributed by atoms with Gasteiger partial charge in [-0.25, -0.2) is 0 Å². The fourth-order valence-electron chi connectivity index (χ4n) is 5.37. The lowest BCUT2D eigenvalue weighted by atomic mass is 9.72. The first kappa shape index (κ1) is 19.7. The van der Waals surface area contributed by atoms with Crippen LogP contribution in [0.25, 0.3) is 10.8 Å². The molecule has 2 aromatic carbocycles. The summed E-state index contributed by atoms with van der Waals surface area (Å²) in [5.74, 6) is 0.371. The smallest absolute Gasteiger partial charge is 0.116 e. The first-order valence-corrected chi connectivity index (χ1v) is 10.8. The molecule has 2 aliphatic rings. The second-order valence-electron chi connectivity index (χ2n) is 10.8. The summed E-state index contributed by atoms with van der Waals surface area (Å²) in [7, 11) is 2.25. The standard InChI is InChI=1S/C25H36N2O/c1-23(2,22-15-20(28)14-19-8-6-7-9-21(19)22)10-11-24(3,4)27-17-25(18-27)12-13-26(5)16-25/h6-9,14-15,28H,10-13,16-18H2,1-5H3. The molecule has 0 bridgehead atoms. The van der Waals surface area contributed by atoms with E-state index in [4.69, 9.17) is 0 Å². The van der Waals surface area contributed by atoms with Gasteiger partial charge in [0, 0.05) is 30.6 Å². The molecule has 0 atom stereocenters. The average molecular weight is 381 g/mol. The summed E-state index contributed by atoms with van der Waals surface area (Å²) in [4.78, 5) is 5.18. The molecule has 0 radical (unpaired) electrons. The Bertz CT molecular complexity index is 864. The summed E-state index contributed by atoms with van der Waals surface area (Å²) in [6.07, 6.45) is 3.63. The molecular weight excluding hydrogens is 344 g/mol. The van der Waals surface area contributed by atoms with Crippen molar-refractivity contribution in [1.82, 2.24) is 9.80 Å².